The van der Waals surface area contributed by atoms with E-state index in [0.717, 1.165) is 5.56 Å². The zero-order valence-electron chi connectivity index (χ0n) is 9.77. The maximum absolute atomic E-state index is 13.6. The van der Waals surface area contributed by atoms with E-state index in [0.29, 0.717) is 17.9 Å². The van der Waals surface area contributed by atoms with Gasteiger partial charge in [0.2, 0.25) is 0 Å². The van der Waals surface area contributed by atoms with Crippen LogP contribution in [-0.4, -0.2) is 11.7 Å². The van der Waals surface area contributed by atoms with Crippen LogP contribution < -0.4 is 10.5 Å². The Morgan fingerprint density at radius 2 is 1.89 bits per heavy atom. The lowest BCUT2D eigenvalue weighted by Crippen LogP contribution is -1.97. The van der Waals surface area contributed by atoms with Crippen LogP contribution in [0.15, 0.2) is 42.5 Å². The molecule has 2 aromatic rings. The number of para-hydroxylation sites is 1. The molecule has 3 N–H and O–H groups in total. The van der Waals surface area contributed by atoms with Gasteiger partial charge < -0.3 is 15.6 Å². The number of rotatable bonds is 4. The summed E-state index contributed by atoms with van der Waals surface area (Å²) < 4.78 is 19.1. The highest BCUT2D eigenvalue weighted by Gasteiger charge is 2.08. The number of benzene rings is 2. The van der Waals surface area contributed by atoms with Gasteiger partial charge in [-0.05, 0) is 30.2 Å². The fourth-order valence-corrected chi connectivity index (χ4v) is 1.65. The van der Waals surface area contributed by atoms with Crippen molar-refractivity contribution in [2.45, 2.75) is 6.42 Å². The van der Waals surface area contributed by atoms with E-state index in [1.165, 1.54) is 12.1 Å². The standard InChI is InChI=1S/C14H14FNO2/c15-12-9-11(16)5-6-14(12)18-13-4-2-1-3-10(13)7-8-17/h1-6,9,17H,7-8,16H2. The third kappa shape index (κ3) is 2.78. The van der Waals surface area contributed by atoms with Crippen molar-refractivity contribution in [2.75, 3.05) is 12.3 Å². The van der Waals surface area contributed by atoms with Crippen LogP contribution in [0, 0.1) is 5.82 Å². The number of aliphatic hydroxyl groups excluding tert-OH is 1. The largest absolute Gasteiger partial charge is 0.454 e. The molecule has 0 saturated heterocycles. The maximum Gasteiger partial charge on any atom is 0.167 e. The molecule has 0 unspecified atom stereocenters. The minimum atomic E-state index is -0.506. The minimum absolute atomic E-state index is 0.0184. The Morgan fingerprint density at radius 1 is 1.11 bits per heavy atom. The number of ether oxygens (including phenoxy) is 1. The van der Waals surface area contributed by atoms with Gasteiger partial charge >= 0.3 is 0 Å². The van der Waals surface area contributed by atoms with Gasteiger partial charge in [-0.25, -0.2) is 4.39 Å². The number of nitrogens with two attached hydrogens (primary N) is 1. The fraction of sp³-hybridized carbons (Fsp3) is 0.143. The first-order chi connectivity index (χ1) is 8.70. The Bertz CT molecular complexity index is 543. The summed E-state index contributed by atoms with van der Waals surface area (Å²) in [5.74, 6) is 0.151. The molecule has 3 nitrogen and oxygen atoms in total. The molecule has 18 heavy (non-hydrogen) atoms. The van der Waals surface area contributed by atoms with Crippen molar-refractivity contribution in [1.29, 1.82) is 0 Å². The van der Waals surface area contributed by atoms with Crippen LogP contribution in [0.5, 0.6) is 11.5 Å². The number of hydrogen-bond donors (Lipinski definition) is 2. The molecule has 0 aliphatic rings. The van der Waals surface area contributed by atoms with Gasteiger partial charge in [0, 0.05) is 18.4 Å². The number of hydrogen-bond acceptors (Lipinski definition) is 3. The van der Waals surface area contributed by atoms with Crippen LogP contribution >= 0.6 is 0 Å². The molecule has 0 aliphatic heterocycles. The molecule has 0 radical (unpaired) electrons. The summed E-state index contributed by atoms with van der Waals surface area (Å²) in [6.07, 6.45) is 0.465. The van der Waals surface area contributed by atoms with E-state index in [2.05, 4.69) is 0 Å². The lowest BCUT2D eigenvalue weighted by atomic mass is 10.1. The smallest absolute Gasteiger partial charge is 0.167 e. The normalized spacial score (nSPS) is 10.3. The molecular weight excluding hydrogens is 233 g/mol. The monoisotopic (exact) mass is 247 g/mol. The molecule has 94 valence electrons. The van der Waals surface area contributed by atoms with Crippen molar-refractivity contribution in [3.63, 3.8) is 0 Å². The van der Waals surface area contributed by atoms with Crippen molar-refractivity contribution in [3.8, 4) is 11.5 Å². The van der Waals surface area contributed by atoms with Gasteiger partial charge in [-0.15, -0.1) is 0 Å². The van der Waals surface area contributed by atoms with E-state index in [4.69, 9.17) is 15.6 Å². The summed E-state index contributed by atoms with van der Waals surface area (Å²) in [6.45, 7) is 0.0184. The second-order valence-corrected chi connectivity index (χ2v) is 3.87. The first kappa shape index (κ1) is 12.4. The summed E-state index contributed by atoms with van der Waals surface area (Å²) in [6, 6.07) is 11.5. The fourth-order valence-electron chi connectivity index (χ4n) is 1.65. The number of halogens is 1. The van der Waals surface area contributed by atoms with E-state index >= 15 is 0 Å². The Kier molecular flexibility index (Phi) is 3.79. The highest BCUT2D eigenvalue weighted by Crippen LogP contribution is 2.28. The number of anilines is 1. The number of aliphatic hydroxyl groups is 1. The van der Waals surface area contributed by atoms with Crippen LogP contribution in [0.4, 0.5) is 10.1 Å². The first-order valence-corrected chi connectivity index (χ1v) is 5.62. The van der Waals surface area contributed by atoms with E-state index in [1.54, 1.807) is 18.2 Å². The molecule has 0 aromatic heterocycles. The van der Waals surface area contributed by atoms with Gasteiger partial charge in [-0.3, -0.25) is 0 Å². The average molecular weight is 247 g/mol. The van der Waals surface area contributed by atoms with Crippen LogP contribution in [0.1, 0.15) is 5.56 Å². The predicted molar refractivity (Wildman–Crippen MR) is 68.1 cm³/mol. The zero-order chi connectivity index (χ0) is 13.0. The third-order valence-electron chi connectivity index (χ3n) is 2.53. The summed E-state index contributed by atoms with van der Waals surface area (Å²) in [4.78, 5) is 0. The molecule has 0 atom stereocenters. The molecule has 0 bridgehead atoms. The molecule has 0 aliphatic carbocycles. The molecule has 2 rings (SSSR count). The van der Waals surface area contributed by atoms with E-state index in [9.17, 15) is 4.39 Å². The Labute approximate surface area is 105 Å². The summed E-state index contributed by atoms with van der Waals surface area (Å²) >= 11 is 0. The molecule has 0 spiro atoms. The maximum atomic E-state index is 13.6. The Hall–Kier alpha value is -2.07. The first-order valence-electron chi connectivity index (χ1n) is 5.62. The topological polar surface area (TPSA) is 55.5 Å². The second kappa shape index (κ2) is 5.51. The van der Waals surface area contributed by atoms with E-state index in [1.807, 2.05) is 12.1 Å². The molecule has 2 aromatic carbocycles. The van der Waals surface area contributed by atoms with E-state index < -0.39 is 5.82 Å². The minimum Gasteiger partial charge on any atom is -0.454 e. The van der Waals surface area contributed by atoms with Crippen molar-refractivity contribution < 1.29 is 14.2 Å². The molecule has 0 fully saturated rings. The van der Waals surface area contributed by atoms with Crippen LogP contribution in [0.3, 0.4) is 0 Å². The van der Waals surface area contributed by atoms with Gasteiger partial charge in [0.25, 0.3) is 0 Å². The van der Waals surface area contributed by atoms with Gasteiger partial charge in [0.1, 0.15) is 5.75 Å². The quantitative estimate of drug-likeness (QED) is 0.817. The molecule has 0 saturated carbocycles. The van der Waals surface area contributed by atoms with Crippen LogP contribution in [0.2, 0.25) is 0 Å². The highest BCUT2D eigenvalue weighted by molar-refractivity contribution is 5.45. The van der Waals surface area contributed by atoms with Crippen molar-refractivity contribution in [1.82, 2.24) is 0 Å². The average Bonchev–Trinajstić information content (AvgIpc) is 2.35. The highest BCUT2D eigenvalue weighted by atomic mass is 19.1. The van der Waals surface area contributed by atoms with Crippen LogP contribution in [-0.2, 0) is 6.42 Å². The Morgan fingerprint density at radius 3 is 2.61 bits per heavy atom. The van der Waals surface area contributed by atoms with Crippen molar-refractivity contribution >= 4 is 5.69 Å². The van der Waals surface area contributed by atoms with Crippen molar-refractivity contribution in [3.05, 3.63) is 53.8 Å². The van der Waals surface area contributed by atoms with E-state index in [-0.39, 0.29) is 12.4 Å². The molecule has 4 heteroatoms. The molecule has 0 heterocycles. The van der Waals surface area contributed by atoms with Crippen molar-refractivity contribution in [2.24, 2.45) is 0 Å². The lowest BCUT2D eigenvalue weighted by molar-refractivity contribution is 0.297. The molecule has 0 amide bonds. The van der Waals surface area contributed by atoms with Gasteiger partial charge in [0.05, 0.1) is 0 Å². The summed E-state index contributed by atoms with van der Waals surface area (Å²) in [5, 5.41) is 8.96. The summed E-state index contributed by atoms with van der Waals surface area (Å²) in [5.41, 5.74) is 6.65. The van der Waals surface area contributed by atoms with Gasteiger partial charge in [-0.1, -0.05) is 18.2 Å². The van der Waals surface area contributed by atoms with Crippen LogP contribution in [0.25, 0.3) is 0 Å². The van der Waals surface area contributed by atoms with Gasteiger partial charge in [0.15, 0.2) is 11.6 Å². The summed E-state index contributed by atoms with van der Waals surface area (Å²) in [7, 11) is 0. The number of nitrogen functional groups attached to an aromatic ring is 1. The van der Waals surface area contributed by atoms with Gasteiger partial charge in [-0.2, -0.15) is 0 Å². The second-order valence-electron chi connectivity index (χ2n) is 3.87. The third-order valence-corrected chi connectivity index (χ3v) is 2.53. The predicted octanol–water partition coefficient (Wildman–Crippen LogP) is 2.74. The molecular formula is C14H14FNO2. The zero-order valence-corrected chi connectivity index (χ0v) is 9.77. The Balaban J connectivity index is 2.28. The lowest BCUT2D eigenvalue weighted by Gasteiger charge is -2.11. The SMILES string of the molecule is Nc1ccc(Oc2ccccc2CCO)c(F)c1.